The number of nitrogens with zero attached hydrogens (tertiary/aromatic N) is 2. The van der Waals surface area contributed by atoms with Crippen LogP contribution in [0, 0.1) is 5.92 Å². The molecule has 0 aliphatic heterocycles. The molecule has 21 heavy (non-hydrogen) atoms. The van der Waals surface area contributed by atoms with E-state index >= 15 is 0 Å². The van der Waals surface area contributed by atoms with E-state index in [9.17, 15) is 0 Å². The van der Waals surface area contributed by atoms with Gasteiger partial charge in [0.05, 0.1) is 18.9 Å². The maximum Gasteiger partial charge on any atom is 0.185 e. The number of hydrogen-bond donors (Lipinski definition) is 1. The molecule has 5 nitrogen and oxygen atoms in total. The molecular formula is C15H27N3O2S. The van der Waals surface area contributed by atoms with Crippen molar-refractivity contribution in [3.8, 4) is 0 Å². The highest BCUT2D eigenvalue weighted by atomic mass is 32.1. The smallest absolute Gasteiger partial charge is 0.185 e. The molecule has 0 aromatic carbocycles. The molecule has 1 N–H and O–H groups in total. The highest BCUT2D eigenvalue weighted by Crippen LogP contribution is 2.31. The van der Waals surface area contributed by atoms with Crippen molar-refractivity contribution in [2.24, 2.45) is 5.92 Å². The van der Waals surface area contributed by atoms with Gasteiger partial charge in [-0.25, -0.2) is 4.98 Å². The van der Waals surface area contributed by atoms with Gasteiger partial charge in [-0.3, -0.25) is 0 Å². The van der Waals surface area contributed by atoms with Gasteiger partial charge in [0.2, 0.25) is 0 Å². The van der Waals surface area contributed by atoms with Crippen molar-refractivity contribution in [1.82, 2.24) is 10.3 Å². The summed E-state index contributed by atoms with van der Waals surface area (Å²) >= 11 is 1.77. The summed E-state index contributed by atoms with van der Waals surface area (Å²) in [6.07, 6.45) is 4.12. The Morgan fingerprint density at radius 2 is 2.14 bits per heavy atom. The Balaban J connectivity index is 1.93. The van der Waals surface area contributed by atoms with Crippen molar-refractivity contribution in [2.45, 2.75) is 32.4 Å². The standard InChI is InChI=1S/C15H27N3O2S/c1-18(10-12-5-4-6-12)15-17-13(11-20-3)14(21-15)9-16-7-8-19-2/h12,16H,4-11H2,1-3H3. The number of ether oxygens (including phenoxy) is 2. The highest BCUT2D eigenvalue weighted by molar-refractivity contribution is 7.15. The molecular weight excluding hydrogens is 286 g/mol. The van der Waals surface area contributed by atoms with E-state index in [0.29, 0.717) is 6.61 Å². The quantitative estimate of drug-likeness (QED) is 0.671. The number of hydrogen-bond acceptors (Lipinski definition) is 6. The number of nitrogens with one attached hydrogen (secondary N) is 1. The van der Waals surface area contributed by atoms with Gasteiger partial charge < -0.3 is 19.7 Å². The molecule has 0 saturated heterocycles. The fraction of sp³-hybridized carbons (Fsp3) is 0.800. The van der Waals surface area contributed by atoms with Crippen LogP contribution in [0.2, 0.25) is 0 Å². The normalized spacial score (nSPS) is 15.2. The molecule has 0 amide bonds. The van der Waals surface area contributed by atoms with E-state index < -0.39 is 0 Å². The minimum Gasteiger partial charge on any atom is -0.383 e. The van der Waals surface area contributed by atoms with Gasteiger partial charge in [-0.05, 0) is 18.8 Å². The zero-order valence-electron chi connectivity index (χ0n) is 13.4. The SMILES string of the molecule is COCCNCc1sc(N(C)CC2CCC2)nc1COC. The van der Waals surface area contributed by atoms with Gasteiger partial charge in [0.25, 0.3) is 0 Å². The minimum atomic E-state index is 0.578. The Hall–Kier alpha value is -0.690. The Labute approximate surface area is 131 Å². The van der Waals surface area contributed by atoms with Gasteiger partial charge in [-0.15, -0.1) is 11.3 Å². The minimum absolute atomic E-state index is 0.578. The zero-order valence-corrected chi connectivity index (χ0v) is 14.2. The lowest BCUT2D eigenvalue weighted by atomic mass is 9.85. The van der Waals surface area contributed by atoms with Crippen molar-refractivity contribution in [1.29, 1.82) is 0 Å². The molecule has 0 unspecified atom stereocenters. The van der Waals surface area contributed by atoms with Crippen LogP contribution >= 0.6 is 11.3 Å². The molecule has 1 heterocycles. The van der Waals surface area contributed by atoms with Crippen LogP contribution in [0.1, 0.15) is 29.8 Å². The Bertz CT molecular complexity index is 421. The number of methoxy groups -OCH3 is 2. The second kappa shape index (κ2) is 8.68. The van der Waals surface area contributed by atoms with Crippen LogP contribution in [0.3, 0.4) is 0 Å². The Morgan fingerprint density at radius 3 is 2.76 bits per heavy atom. The topological polar surface area (TPSA) is 46.6 Å². The molecule has 0 radical (unpaired) electrons. The van der Waals surface area contributed by atoms with E-state index in [0.717, 1.165) is 43.0 Å². The van der Waals surface area contributed by atoms with Crippen LogP contribution in [0.4, 0.5) is 5.13 Å². The van der Waals surface area contributed by atoms with Crippen molar-refractivity contribution >= 4 is 16.5 Å². The lowest BCUT2D eigenvalue weighted by Gasteiger charge is -2.29. The largest absolute Gasteiger partial charge is 0.383 e. The maximum absolute atomic E-state index is 5.28. The number of aromatic nitrogens is 1. The van der Waals surface area contributed by atoms with E-state index in [1.807, 2.05) is 0 Å². The molecule has 120 valence electrons. The van der Waals surface area contributed by atoms with Crippen LogP contribution in [-0.2, 0) is 22.6 Å². The molecule has 1 aromatic heterocycles. The van der Waals surface area contributed by atoms with Crippen LogP contribution < -0.4 is 10.2 Å². The maximum atomic E-state index is 5.28. The fourth-order valence-corrected chi connectivity index (χ4v) is 3.44. The molecule has 1 aliphatic rings. The summed E-state index contributed by atoms with van der Waals surface area (Å²) in [7, 11) is 5.59. The molecule has 0 atom stereocenters. The molecule has 1 aliphatic carbocycles. The predicted octanol–water partition coefficient (Wildman–Crippen LogP) is 2.26. The summed E-state index contributed by atoms with van der Waals surface area (Å²) in [4.78, 5) is 8.32. The fourth-order valence-electron chi connectivity index (χ4n) is 2.44. The first kappa shape index (κ1) is 16.7. The first-order chi connectivity index (χ1) is 10.2. The molecule has 0 spiro atoms. The second-order valence-corrected chi connectivity index (χ2v) is 6.71. The highest BCUT2D eigenvalue weighted by Gasteiger charge is 2.21. The number of rotatable bonds is 10. The summed E-state index contributed by atoms with van der Waals surface area (Å²) in [5.74, 6) is 0.855. The van der Waals surface area contributed by atoms with E-state index in [4.69, 9.17) is 14.5 Å². The molecule has 6 heteroatoms. The Morgan fingerprint density at radius 1 is 1.33 bits per heavy atom. The van der Waals surface area contributed by atoms with Gasteiger partial charge in [-0.2, -0.15) is 0 Å². The van der Waals surface area contributed by atoms with Crippen LogP contribution in [0.25, 0.3) is 0 Å². The van der Waals surface area contributed by atoms with E-state index in [1.165, 1.54) is 24.1 Å². The second-order valence-electron chi connectivity index (χ2n) is 5.65. The molecule has 2 rings (SSSR count). The van der Waals surface area contributed by atoms with Gasteiger partial charge in [0, 0.05) is 45.8 Å². The third-order valence-corrected chi connectivity index (χ3v) is 5.11. The van der Waals surface area contributed by atoms with Crippen LogP contribution in [-0.4, -0.2) is 45.9 Å². The number of thiazole rings is 1. The van der Waals surface area contributed by atoms with E-state index in [1.54, 1.807) is 25.6 Å². The third kappa shape index (κ3) is 4.92. The first-order valence-corrected chi connectivity index (χ1v) is 8.44. The van der Waals surface area contributed by atoms with Gasteiger partial charge in [0.15, 0.2) is 5.13 Å². The lowest BCUT2D eigenvalue weighted by molar-refractivity contribution is 0.181. The van der Waals surface area contributed by atoms with Gasteiger partial charge >= 0.3 is 0 Å². The lowest BCUT2D eigenvalue weighted by Crippen LogP contribution is -2.29. The Kier molecular flexibility index (Phi) is 6.89. The summed E-state index contributed by atoms with van der Waals surface area (Å²) in [5, 5.41) is 4.50. The first-order valence-electron chi connectivity index (χ1n) is 7.63. The van der Waals surface area contributed by atoms with E-state index in [2.05, 4.69) is 17.3 Å². The third-order valence-electron chi connectivity index (χ3n) is 3.90. The van der Waals surface area contributed by atoms with Crippen LogP contribution in [0.5, 0.6) is 0 Å². The van der Waals surface area contributed by atoms with E-state index in [-0.39, 0.29) is 0 Å². The average Bonchev–Trinajstić information content (AvgIpc) is 2.83. The number of anilines is 1. The van der Waals surface area contributed by atoms with Gasteiger partial charge in [-0.1, -0.05) is 6.42 Å². The molecule has 1 saturated carbocycles. The molecule has 1 aromatic rings. The van der Waals surface area contributed by atoms with Gasteiger partial charge in [0.1, 0.15) is 0 Å². The van der Waals surface area contributed by atoms with Crippen LogP contribution in [0.15, 0.2) is 0 Å². The van der Waals surface area contributed by atoms with Crippen molar-refractivity contribution in [3.63, 3.8) is 0 Å². The summed E-state index contributed by atoms with van der Waals surface area (Å²) < 4.78 is 10.3. The average molecular weight is 313 g/mol. The van der Waals surface area contributed by atoms with Crippen molar-refractivity contribution < 1.29 is 9.47 Å². The summed E-state index contributed by atoms with van der Waals surface area (Å²) in [5.41, 5.74) is 1.06. The van der Waals surface area contributed by atoms with Crippen molar-refractivity contribution in [3.05, 3.63) is 10.6 Å². The van der Waals surface area contributed by atoms with Crippen molar-refractivity contribution in [2.75, 3.05) is 45.9 Å². The summed E-state index contributed by atoms with van der Waals surface area (Å²) in [6.45, 7) is 4.11. The zero-order chi connectivity index (χ0) is 15.1. The molecule has 1 fully saturated rings. The monoisotopic (exact) mass is 313 g/mol. The predicted molar refractivity (Wildman–Crippen MR) is 87.0 cm³/mol. The molecule has 0 bridgehead atoms. The summed E-state index contributed by atoms with van der Waals surface area (Å²) in [6, 6.07) is 0.